The average Bonchev–Trinajstić information content (AvgIpc) is 2.81. The van der Waals surface area contributed by atoms with Crippen molar-refractivity contribution in [3.05, 3.63) is 15.6 Å². The van der Waals surface area contributed by atoms with Gasteiger partial charge in [-0.15, -0.1) is 23.1 Å². The summed E-state index contributed by atoms with van der Waals surface area (Å²) < 4.78 is 39.5. The molecule has 21 heavy (non-hydrogen) atoms. The van der Waals surface area contributed by atoms with Gasteiger partial charge in [0.2, 0.25) is 0 Å². The third-order valence-electron chi connectivity index (χ3n) is 3.08. The van der Waals surface area contributed by atoms with Crippen molar-refractivity contribution in [3.63, 3.8) is 0 Å². The number of hydrogen-bond donors (Lipinski definition) is 1. The van der Waals surface area contributed by atoms with E-state index >= 15 is 0 Å². The van der Waals surface area contributed by atoms with Crippen molar-refractivity contribution in [1.82, 2.24) is 10.3 Å². The molecule has 0 aliphatic carbocycles. The summed E-state index contributed by atoms with van der Waals surface area (Å²) in [6.45, 7) is 6.14. The maximum atomic E-state index is 13.2. The standard InChI is InChI=1S/C13H19F3N2S3/c1-7(2)17-6-9-11(13(14,15)16)18-12(21-9)10-8(3)19-4-5-20-10/h7-8,10,17H,4-6H2,1-3H3. The molecule has 8 heteroatoms. The van der Waals surface area contributed by atoms with Gasteiger partial charge in [0.15, 0.2) is 5.69 Å². The largest absolute Gasteiger partial charge is 0.434 e. The molecule has 0 amide bonds. The summed E-state index contributed by atoms with van der Waals surface area (Å²) in [7, 11) is 0. The van der Waals surface area contributed by atoms with Gasteiger partial charge in [0.1, 0.15) is 5.01 Å². The van der Waals surface area contributed by atoms with Crippen LogP contribution in [0.1, 0.15) is 41.6 Å². The van der Waals surface area contributed by atoms with Crippen molar-refractivity contribution in [2.24, 2.45) is 0 Å². The second kappa shape index (κ2) is 7.10. The van der Waals surface area contributed by atoms with Crippen LogP contribution in [0.15, 0.2) is 0 Å². The Morgan fingerprint density at radius 1 is 1.29 bits per heavy atom. The molecule has 1 fully saturated rings. The van der Waals surface area contributed by atoms with Crippen LogP contribution in [-0.2, 0) is 12.7 Å². The van der Waals surface area contributed by atoms with Gasteiger partial charge >= 0.3 is 6.18 Å². The van der Waals surface area contributed by atoms with Gasteiger partial charge in [0, 0.05) is 29.3 Å². The quantitative estimate of drug-likeness (QED) is 0.854. The summed E-state index contributed by atoms with van der Waals surface area (Å²) in [5.41, 5.74) is -0.709. The van der Waals surface area contributed by atoms with Gasteiger partial charge < -0.3 is 5.32 Å². The lowest BCUT2D eigenvalue weighted by Crippen LogP contribution is -2.23. The SMILES string of the molecule is CC(C)NCc1sc(C2SCCSC2C)nc1C(F)(F)F. The Bertz CT molecular complexity index is 474. The molecule has 0 radical (unpaired) electrons. The van der Waals surface area contributed by atoms with Gasteiger partial charge in [-0.05, 0) is 0 Å². The second-order valence-corrected chi connectivity index (χ2v) is 9.07. The first-order valence-electron chi connectivity index (χ1n) is 6.82. The number of thiazole rings is 1. The van der Waals surface area contributed by atoms with E-state index in [1.54, 1.807) is 11.8 Å². The molecule has 1 N–H and O–H groups in total. The van der Waals surface area contributed by atoms with E-state index < -0.39 is 11.9 Å². The fourth-order valence-corrected chi connectivity index (χ4v) is 6.23. The Balaban J connectivity index is 2.26. The molecule has 0 saturated carbocycles. The Hall–Kier alpha value is 0.0800. The molecular weight excluding hydrogens is 337 g/mol. The summed E-state index contributed by atoms with van der Waals surface area (Å²) in [5, 5.41) is 4.06. The molecule has 1 aromatic rings. The maximum Gasteiger partial charge on any atom is 0.434 e. The summed E-state index contributed by atoms with van der Waals surface area (Å²) in [4.78, 5) is 4.25. The molecular formula is C13H19F3N2S3. The molecule has 2 nitrogen and oxygen atoms in total. The Kier molecular flexibility index (Phi) is 5.90. The van der Waals surface area contributed by atoms with Crippen LogP contribution >= 0.6 is 34.9 Å². The van der Waals surface area contributed by atoms with Gasteiger partial charge in [-0.25, -0.2) is 4.98 Å². The molecule has 1 aromatic heterocycles. The van der Waals surface area contributed by atoms with E-state index in [2.05, 4.69) is 17.2 Å². The molecule has 2 unspecified atom stereocenters. The van der Waals surface area contributed by atoms with Crippen molar-refractivity contribution < 1.29 is 13.2 Å². The molecule has 1 saturated heterocycles. The van der Waals surface area contributed by atoms with Crippen LogP contribution in [-0.4, -0.2) is 27.8 Å². The molecule has 0 bridgehead atoms. The zero-order valence-electron chi connectivity index (χ0n) is 12.2. The van der Waals surface area contributed by atoms with Gasteiger partial charge in [-0.3, -0.25) is 0 Å². The van der Waals surface area contributed by atoms with Crippen LogP contribution in [0.25, 0.3) is 0 Å². The first-order chi connectivity index (χ1) is 9.79. The highest BCUT2D eigenvalue weighted by Gasteiger charge is 2.39. The molecule has 120 valence electrons. The lowest BCUT2D eigenvalue weighted by molar-refractivity contribution is -0.141. The van der Waals surface area contributed by atoms with E-state index in [0.717, 1.165) is 11.5 Å². The van der Waals surface area contributed by atoms with Crippen LogP contribution in [0.5, 0.6) is 0 Å². The Morgan fingerprint density at radius 3 is 2.52 bits per heavy atom. The smallest absolute Gasteiger partial charge is 0.310 e. The summed E-state index contributed by atoms with van der Waals surface area (Å²) in [5.74, 6) is 2.03. The maximum absolute atomic E-state index is 13.2. The van der Waals surface area contributed by atoms with E-state index in [1.807, 2.05) is 25.6 Å². The first kappa shape index (κ1) is 17.4. The van der Waals surface area contributed by atoms with E-state index in [1.165, 1.54) is 11.3 Å². The van der Waals surface area contributed by atoms with Crippen LogP contribution < -0.4 is 5.32 Å². The fourth-order valence-electron chi connectivity index (χ4n) is 2.03. The minimum Gasteiger partial charge on any atom is -0.310 e. The first-order valence-corrected chi connectivity index (χ1v) is 9.74. The summed E-state index contributed by atoms with van der Waals surface area (Å²) in [6, 6.07) is 0.148. The average molecular weight is 357 g/mol. The Labute approximate surface area is 135 Å². The highest BCUT2D eigenvalue weighted by atomic mass is 32.2. The normalized spacial score (nSPS) is 23.8. The molecule has 2 rings (SSSR count). The van der Waals surface area contributed by atoms with Crippen molar-refractivity contribution in [2.75, 3.05) is 11.5 Å². The third-order valence-corrected chi connectivity index (χ3v) is 7.47. The number of alkyl halides is 3. The van der Waals surface area contributed by atoms with E-state index in [0.29, 0.717) is 15.1 Å². The number of aromatic nitrogens is 1. The van der Waals surface area contributed by atoms with Crippen LogP contribution in [0.4, 0.5) is 13.2 Å². The Morgan fingerprint density at radius 2 is 1.95 bits per heavy atom. The predicted molar refractivity (Wildman–Crippen MR) is 86.2 cm³/mol. The zero-order valence-corrected chi connectivity index (χ0v) is 14.6. The van der Waals surface area contributed by atoms with E-state index in [9.17, 15) is 13.2 Å². The highest BCUT2D eigenvalue weighted by molar-refractivity contribution is 8.06. The predicted octanol–water partition coefficient (Wildman–Crippen LogP) is 4.57. The van der Waals surface area contributed by atoms with Crippen LogP contribution in [0.3, 0.4) is 0 Å². The van der Waals surface area contributed by atoms with E-state index in [-0.39, 0.29) is 17.8 Å². The third kappa shape index (κ3) is 4.53. The van der Waals surface area contributed by atoms with Gasteiger partial charge in [-0.1, -0.05) is 20.8 Å². The molecule has 1 aliphatic heterocycles. The monoisotopic (exact) mass is 356 g/mol. The van der Waals surface area contributed by atoms with Crippen LogP contribution in [0, 0.1) is 0 Å². The summed E-state index contributed by atoms with van der Waals surface area (Å²) in [6.07, 6.45) is -4.38. The van der Waals surface area contributed by atoms with Gasteiger partial charge in [0.25, 0.3) is 0 Å². The van der Waals surface area contributed by atoms with E-state index in [4.69, 9.17) is 0 Å². The second-order valence-electron chi connectivity index (χ2n) is 5.22. The van der Waals surface area contributed by atoms with Crippen molar-refractivity contribution in [3.8, 4) is 0 Å². The number of thioether (sulfide) groups is 2. The minimum atomic E-state index is -4.38. The van der Waals surface area contributed by atoms with Crippen molar-refractivity contribution in [1.29, 1.82) is 0 Å². The van der Waals surface area contributed by atoms with Gasteiger partial charge in [-0.2, -0.15) is 24.9 Å². The van der Waals surface area contributed by atoms with Gasteiger partial charge in [0.05, 0.1) is 10.1 Å². The molecule has 1 aliphatic rings. The molecule has 2 heterocycles. The van der Waals surface area contributed by atoms with Crippen molar-refractivity contribution >= 4 is 34.9 Å². The molecule has 0 spiro atoms. The number of rotatable bonds is 4. The lowest BCUT2D eigenvalue weighted by atomic mass is 10.3. The van der Waals surface area contributed by atoms with Crippen molar-refractivity contribution in [2.45, 2.75) is 50.0 Å². The molecule has 0 aromatic carbocycles. The fraction of sp³-hybridized carbons (Fsp3) is 0.769. The van der Waals surface area contributed by atoms with Crippen LogP contribution in [0.2, 0.25) is 0 Å². The lowest BCUT2D eigenvalue weighted by Gasteiger charge is -2.25. The number of halogens is 3. The summed E-state index contributed by atoms with van der Waals surface area (Å²) >= 11 is 4.74. The topological polar surface area (TPSA) is 24.9 Å². The number of hydrogen-bond acceptors (Lipinski definition) is 5. The number of nitrogens with zero attached hydrogens (tertiary/aromatic N) is 1. The minimum absolute atomic E-state index is 0.0719. The molecule has 2 atom stereocenters. The highest BCUT2D eigenvalue weighted by Crippen LogP contribution is 2.46. The zero-order chi connectivity index (χ0) is 15.6. The number of nitrogens with one attached hydrogen (secondary N) is 1.